The van der Waals surface area contributed by atoms with E-state index in [9.17, 15) is 19.2 Å². The third-order valence-electron chi connectivity index (χ3n) is 11.8. The Morgan fingerprint density at radius 2 is 1.58 bits per heavy atom. The highest BCUT2D eigenvalue weighted by Crippen LogP contribution is 2.68. The summed E-state index contributed by atoms with van der Waals surface area (Å²) in [5.41, 5.74) is 1.49. The van der Waals surface area contributed by atoms with Gasteiger partial charge in [0, 0.05) is 40.0 Å². The van der Waals surface area contributed by atoms with Gasteiger partial charge in [-0.1, -0.05) is 39.3 Å². The number of hydrogen-bond acceptors (Lipinski definition) is 8. The molecule has 0 aliphatic heterocycles. The molecule has 0 bridgehead atoms. The van der Waals surface area contributed by atoms with Crippen LogP contribution in [-0.2, 0) is 38.1 Å². The van der Waals surface area contributed by atoms with Gasteiger partial charge in [0.15, 0.2) is 0 Å². The van der Waals surface area contributed by atoms with E-state index in [2.05, 4.69) is 26.8 Å². The fourth-order valence-electron chi connectivity index (χ4n) is 9.93. The molecule has 4 aliphatic rings. The highest BCUT2D eigenvalue weighted by Gasteiger charge is 2.63. The van der Waals surface area contributed by atoms with Crippen molar-refractivity contribution in [2.45, 2.75) is 131 Å². The van der Waals surface area contributed by atoms with Crippen LogP contribution in [0.3, 0.4) is 0 Å². The summed E-state index contributed by atoms with van der Waals surface area (Å²) in [6.45, 7) is 15.2. The van der Waals surface area contributed by atoms with Crippen LogP contribution < -0.4 is 0 Å². The Labute approximate surface area is 258 Å². The largest absolute Gasteiger partial charge is 0.466 e. The van der Waals surface area contributed by atoms with E-state index in [1.54, 1.807) is 0 Å². The molecule has 43 heavy (non-hydrogen) atoms. The molecular weight excluding hydrogens is 548 g/mol. The Bertz CT molecular complexity index is 1100. The van der Waals surface area contributed by atoms with Gasteiger partial charge in [-0.3, -0.25) is 19.2 Å². The predicted molar refractivity (Wildman–Crippen MR) is 161 cm³/mol. The zero-order valence-corrected chi connectivity index (χ0v) is 27.6. The minimum absolute atomic E-state index is 0.00910. The molecule has 0 aromatic rings. The number of carbonyl (C=O) groups excluding carboxylic acids is 4. The van der Waals surface area contributed by atoms with Gasteiger partial charge in [-0.05, 0) is 91.8 Å². The van der Waals surface area contributed by atoms with Crippen molar-refractivity contribution >= 4 is 23.9 Å². The molecular formula is C35H54O8. The maximum Gasteiger partial charge on any atom is 0.302 e. The molecule has 0 N–H and O–H groups in total. The van der Waals surface area contributed by atoms with Gasteiger partial charge in [-0.25, -0.2) is 0 Å². The molecule has 0 amide bonds. The zero-order valence-electron chi connectivity index (χ0n) is 27.6. The lowest BCUT2D eigenvalue weighted by Crippen LogP contribution is -2.52. The number of hydrogen-bond donors (Lipinski definition) is 0. The highest BCUT2D eigenvalue weighted by atomic mass is 16.6. The lowest BCUT2D eigenvalue weighted by molar-refractivity contribution is -0.161. The fourth-order valence-corrected chi connectivity index (χ4v) is 9.93. The van der Waals surface area contributed by atoms with Crippen LogP contribution >= 0.6 is 0 Å². The number of allylic oxidation sites excluding steroid dienone is 1. The first-order valence-electron chi connectivity index (χ1n) is 16.5. The van der Waals surface area contributed by atoms with Gasteiger partial charge >= 0.3 is 23.9 Å². The summed E-state index contributed by atoms with van der Waals surface area (Å²) in [7, 11) is 0. The second-order valence-corrected chi connectivity index (χ2v) is 14.7. The normalized spacial score (nSPS) is 36.9. The lowest BCUT2D eigenvalue weighted by Gasteiger charge is -2.58. The molecule has 0 unspecified atom stereocenters. The Balaban J connectivity index is 1.58. The molecule has 3 fully saturated rings. The van der Waals surface area contributed by atoms with Crippen LogP contribution in [0.15, 0.2) is 11.6 Å². The van der Waals surface area contributed by atoms with Crippen molar-refractivity contribution < 1.29 is 38.1 Å². The molecule has 4 rings (SSSR count). The average Bonchev–Trinajstić information content (AvgIpc) is 3.20. The Morgan fingerprint density at radius 1 is 0.884 bits per heavy atom. The number of carbonyl (C=O) groups is 4. The van der Waals surface area contributed by atoms with Crippen molar-refractivity contribution in [2.75, 3.05) is 6.61 Å². The van der Waals surface area contributed by atoms with Gasteiger partial charge in [0.1, 0.15) is 18.3 Å². The quantitative estimate of drug-likeness (QED) is 0.157. The zero-order chi connectivity index (χ0) is 31.7. The van der Waals surface area contributed by atoms with Gasteiger partial charge in [-0.15, -0.1) is 0 Å². The molecule has 0 aromatic carbocycles. The summed E-state index contributed by atoms with van der Waals surface area (Å²) in [6.07, 6.45) is 10.0. The summed E-state index contributed by atoms with van der Waals surface area (Å²) in [4.78, 5) is 47.6. The summed E-state index contributed by atoms with van der Waals surface area (Å²) < 4.78 is 22.9. The van der Waals surface area contributed by atoms with Crippen LogP contribution in [0.2, 0.25) is 0 Å². The molecule has 3 saturated carbocycles. The maximum absolute atomic E-state index is 12.4. The van der Waals surface area contributed by atoms with E-state index < -0.39 is 0 Å². The first-order valence-corrected chi connectivity index (χ1v) is 16.5. The van der Waals surface area contributed by atoms with E-state index in [4.69, 9.17) is 18.9 Å². The average molecular weight is 603 g/mol. The fraction of sp³-hybridized carbons (Fsp3) is 0.829. The van der Waals surface area contributed by atoms with Gasteiger partial charge in [-0.2, -0.15) is 0 Å². The van der Waals surface area contributed by atoms with Gasteiger partial charge in [0.25, 0.3) is 0 Å². The van der Waals surface area contributed by atoms with E-state index in [0.29, 0.717) is 30.8 Å². The second kappa shape index (κ2) is 13.3. The summed E-state index contributed by atoms with van der Waals surface area (Å²) >= 11 is 0. The van der Waals surface area contributed by atoms with Crippen LogP contribution in [-0.4, -0.2) is 48.8 Å². The van der Waals surface area contributed by atoms with Crippen molar-refractivity contribution in [3.63, 3.8) is 0 Å². The molecule has 0 aromatic heterocycles. The molecule has 11 atom stereocenters. The van der Waals surface area contributed by atoms with E-state index in [1.807, 2.05) is 6.92 Å². The van der Waals surface area contributed by atoms with E-state index >= 15 is 0 Å². The number of rotatable bonds is 10. The minimum atomic E-state index is -0.319. The van der Waals surface area contributed by atoms with E-state index in [-0.39, 0.29) is 70.8 Å². The Morgan fingerprint density at radius 3 is 2.21 bits per heavy atom. The topological polar surface area (TPSA) is 105 Å². The third kappa shape index (κ3) is 7.14. The SMILES string of the molecule is CC(=O)OC[C@H](C)CC[C@H](OC(C)=O)[C@@H](C)[C@H]1[C@@H](OC(C)=O)C[C@H]2[C@@H]3CC=C4C[C@@H](OC(C)=O)CC[C@]4(C)[C@H]3CC[C@]12C. The van der Waals surface area contributed by atoms with Crippen LogP contribution in [0, 0.1) is 46.3 Å². The molecule has 242 valence electrons. The van der Waals surface area contributed by atoms with Crippen LogP contribution in [0.25, 0.3) is 0 Å². The molecule has 0 heterocycles. The van der Waals surface area contributed by atoms with Gasteiger partial charge < -0.3 is 18.9 Å². The molecule has 4 aliphatic carbocycles. The Hall–Kier alpha value is -2.38. The van der Waals surface area contributed by atoms with Crippen molar-refractivity contribution in [2.24, 2.45) is 46.3 Å². The van der Waals surface area contributed by atoms with Gasteiger partial charge in [0.2, 0.25) is 0 Å². The van der Waals surface area contributed by atoms with E-state index in [0.717, 1.165) is 51.4 Å². The predicted octanol–water partition coefficient (Wildman–Crippen LogP) is 6.59. The summed E-state index contributed by atoms with van der Waals surface area (Å²) in [5.74, 6) is 0.554. The van der Waals surface area contributed by atoms with Crippen molar-refractivity contribution in [3.8, 4) is 0 Å². The molecule has 0 spiro atoms. The maximum atomic E-state index is 12.4. The summed E-state index contributed by atoms with van der Waals surface area (Å²) in [6, 6.07) is 0. The van der Waals surface area contributed by atoms with Crippen LogP contribution in [0.4, 0.5) is 0 Å². The van der Waals surface area contributed by atoms with Crippen molar-refractivity contribution in [3.05, 3.63) is 11.6 Å². The highest BCUT2D eigenvalue weighted by molar-refractivity contribution is 5.67. The Kier molecular flexibility index (Phi) is 10.4. The number of esters is 4. The molecule has 8 heteroatoms. The first kappa shape index (κ1) is 33.5. The first-order chi connectivity index (χ1) is 20.2. The van der Waals surface area contributed by atoms with Crippen molar-refractivity contribution in [1.82, 2.24) is 0 Å². The number of ether oxygens (including phenoxy) is 4. The minimum Gasteiger partial charge on any atom is -0.466 e. The lowest BCUT2D eigenvalue weighted by atomic mass is 9.47. The monoisotopic (exact) mass is 602 g/mol. The smallest absolute Gasteiger partial charge is 0.302 e. The molecule has 0 radical (unpaired) electrons. The standard InChI is InChI=1S/C35H54O8/c1-20(19-40-22(3)36)9-12-31(42-24(5)38)21(2)33-32(43-25(6)39)18-30-28-11-10-26-17-27(41-23(4)37)13-15-34(26,7)29(28)14-16-35(30,33)8/h10,20-21,27-33H,9,11-19H2,1-8H3/t20-,21-,27+,28-,29+,30+,31+,32+,33+,34+,35+/m1/s1. The second-order valence-electron chi connectivity index (χ2n) is 14.7. The number of fused-ring (bicyclic) bond motifs is 5. The van der Waals surface area contributed by atoms with Gasteiger partial charge in [0.05, 0.1) is 6.61 Å². The van der Waals surface area contributed by atoms with Crippen LogP contribution in [0.5, 0.6) is 0 Å². The third-order valence-corrected chi connectivity index (χ3v) is 11.8. The van der Waals surface area contributed by atoms with Crippen LogP contribution in [0.1, 0.15) is 113 Å². The van der Waals surface area contributed by atoms with E-state index in [1.165, 1.54) is 33.3 Å². The molecule has 0 saturated heterocycles. The summed E-state index contributed by atoms with van der Waals surface area (Å²) in [5, 5.41) is 0. The van der Waals surface area contributed by atoms with Crippen molar-refractivity contribution in [1.29, 1.82) is 0 Å². The molecule has 8 nitrogen and oxygen atoms in total.